The summed E-state index contributed by atoms with van der Waals surface area (Å²) in [6.07, 6.45) is 0.253. The Balaban J connectivity index is 2.02. The topological polar surface area (TPSA) is 27.7 Å². The first-order valence-corrected chi connectivity index (χ1v) is 4.85. The Bertz CT molecular complexity index is 263. The van der Waals surface area contributed by atoms with Crippen molar-refractivity contribution in [2.75, 3.05) is 0 Å². The SMILES string of the molecule is C=C1O[C@H]2O[C@H]3[C@@H](C)[C@@H]1O[C@@H]2[C@H]3C. The van der Waals surface area contributed by atoms with E-state index < -0.39 is 0 Å². The van der Waals surface area contributed by atoms with E-state index in [1.165, 1.54) is 0 Å². The Kier molecular flexibility index (Phi) is 1.37. The number of ether oxygens (including phenoxy) is 3. The molecule has 0 spiro atoms. The van der Waals surface area contributed by atoms with Gasteiger partial charge in [0.15, 0.2) is 0 Å². The maximum atomic E-state index is 5.86. The second-order valence-corrected chi connectivity index (χ2v) is 4.29. The van der Waals surface area contributed by atoms with Crippen molar-refractivity contribution >= 4 is 0 Å². The summed E-state index contributed by atoms with van der Waals surface area (Å²) in [6, 6.07) is 0. The van der Waals surface area contributed by atoms with Crippen LogP contribution in [-0.4, -0.2) is 24.6 Å². The van der Waals surface area contributed by atoms with Gasteiger partial charge in [-0.05, 0) is 0 Å². The highest BCUT2D eigenvalue weighted by molar-refractivity contribution is 5.10. The third-order valence-electron chi connectivity index (χ3n) is 3.48. The van der Waals surface area contributed by atoms with Crippen LogP contribution in [-0.2, 0) is 14.2 Å². The zero-order valence-corrected chi connectivity index (χ0v) is 7.90. The molecule has 13 heavy (non-hydrogen) atoms. The Labute approximate surface area is 77.7 Å². The molecule has 0 aliphatic carbocycles. The summed E-state index contributed by atoms with van der Waals surface area (Å²) in [5.41, 5.74) is 0. The molecule has 0 aromatic rings. The first-order valence-electron chi connectivity index (χ1n) is 4.85. The maximum absolute atomic E-state index is 5.86. The monoisotopic (exact) mass is 182 g/mol. The van der Waals surface area contributed by atoms with Crippen LogP contribution in [0.15, 0.2) is 12.3 Å². The molecule has 3 saturated heterocycles. The highest BCUT2D eigenvalue weighted by atomic mass is 16.7. The molecule has 3 nitrogen and oxygen atoms in total. The van der Waals surface area contributed by atoms with Gasteiger partial charge in [0.05, 0.1) is 6.10 Å². The second-order valence-electron chi connectivity index (χ2n) is 4.29. The van der Waals surface area contributed by atoms with E-state index in [1.807, 2.05) is 0 Å². The minimum Gasteiger partial charge on any atom is -0.464 e. The zero-order chi connectivity index (χ0) is 9.16. The van der Waals surface area contributed by atoms with Gasteiger partial charge in [0.25, 0.3) is 0 Å². The fourth-order valence-corrected chi connectivity index (χ4v) is 2.73. The van der Waals surface area contributed by atoms with Crippen molar-refractivity contribution in [3.8, 4) is 0 Å². The minimum absolute atomic E-state index is 0.0462. The van der Waals surface area contributed by atoms with Crippen LogP contribution in [0.5, 0.6) is 0 Å². The van der Waals surface area contributed by atoms with Crippen molar-refractivity contribution in [1.82, 2.24) is 0 Å². The molecule has 3 heteroatoms. The van der Waals surface area contributed by atoms with Crippen LogP contribution < -0.4 is 0 Å². The smallest absolute Gasteiger partial charge is 0.226 e. The normalized spacial score (nSPS) is 58.2. The molecule has 3 rings (SSSR count). The molecule has 0 saturated carbocycles. The quantitative estimate of drug-likeness (QED) is 0.565. The van der Waals surface area contributed by atoms with Crippen LogP contribution in [0.3, 0.4) is 0 Å². The van der Waals surface area contributed by atoms with Gasteiger partial charge in [-0.1, -0.05) is 20.4 Å². The molecule has 3 aliphatic heterocycles. The average Bonchev–Trinajstić information content (AvgIpc) is 2.25. The second kappa shape index (κ2) is 2.28. The van der Waals surface area contributed by atoms with Crippen LogP contribution >= 0.6 is 0 Å². The molecule has 0 amide bonds. The van der Waals surface area contributed by atoms with Gasteiger partial charge in [-0.15, -0.1) is 0 Å². The first-order chi connectivity index (χ1) is 6.18. The molecule has 0 aromatic carbocycles. The van der Waals surface area contributed by atoms with Gasteiger partial charge < -0.3 is 14.2 Å². The van der Waals surface area contributed by atoms with E-state index in [0.717, 1.165) is 5.76 Å². The van der Waals surface area contributed by atoms with Crippen molar-refractivity contribution in [2.24, 2.45) is 11.8 Å². The molecule has 3 aliphatic rings. The molecule has 6 atom stereocenters. The molecule has 3 fully saturated rings. The molecule has 3 bridgehead atoms. The Morgan fingerprint density at radius 2 is 1.85 bits per heavy atom. The summed E-state index contributed by atoms with van der Waals surface area (Å²) in [4.78, 5) is 0. The Hall–Kier alpha value is -0.540. The van der Waals surface area contributed by atoms with Crippen LogP contribution in [0.2, 0.25) is 0 Å². The van der Waals surface area contributed by atoms with Gasteiger partial charge in [0.2, 0.25) is 6.29 Å². The van der Waals surface area contributed by atoms with Crippen molar-refractivity contribution in [3.63, 3.8) is 0 Å². The predicted molar refractivity (Wildman–Crippen MR) is 45.9 cm³/mol. The van der Waals surface area contributed by atoms with Crippen molar-refractivity contribution in [1.29, 1.82) is 0 Å². The summed E-state index contributed by atoms with van der Waals surface area (Å²) in [6.45, 7) is 8.17. The summed E-state index contributed by atoms with van der Waals surface area (Å²) in [7, 11) is 0. The lowest BCUT2D eigenvalue weighted by Gasteiger charge is -2.40. The number of hydrogen-bond acceptors (Lipinski definition) is 3. The number of fused-ring (bicyclic) bond motifs is 2. The molecule has 72 valence electrons. The Morgan fingerprint density at radius 3 is 2.62 bits per heavy atom. The van der Waals surface area contributed by atoms with Crippen molar-refractivity contribution < 1.29 is 14.2 Å². The zero-order valence-electron chi connectivity index (χ0n) is 7.90. The van der Waals surface area contributed by atoms with E-state index in [2.05, 4.69) is 20.4 Å². The minimum atomic E-state index is -0.200. The molecule has 0 radical (unpaired) electrons. The molecule has 3 heterocycles. The lowest BCUT2D eigenvalue weighted by Crippen LogP contribution is -2.49. The van der Waals surface area contributed by atoms with Crippen molar-refractivity contribution in [2.45, 2.75) is 38.4 Å². The van der Waals surface area contributed by atoms with Gasteiger partial charge in [-0.3, -0.25) is 0 Å². The molecule has 0 aromatic heterocycles. The largest absolute Gasteiger partial charge is 0.464 e. The summed E-state index contributed by atoms with van der Waals surface area (Å²) in [5, 5.41) is 0. The van der Waals surface area contributed by atoms with Gasteiger partial charge in [0, 0.05) is 11.8 Å². The van der Waals surface area contributed by atoms with Crippen LogP contribution in [0.4, 0.5) is 0 Å². The van der Waals surface area contributed by atoms with Crippen LogP contribution in [0, 0.1) is 11.8 Å². The number of rotatable bonds is 0. The third kappa shape index (κ3) is 0.816. The van der Waals surface area contributed by atoms with E-state index in [1.54, 1.807) is 0 Å². The average molecular weight is 182 g/mol. The maximum Gasteiger partial charge on any atom is 0.226 e. The highest BCUT2D eigenvalue weighted by Gasteiger charge is 2.57. The van der Waals surface area contributed by atoms with Gasteiger partial charge in [0.1, 0.15) is 18.0 Å². The molecule has 0 unspecified atom stereocenters. The van der Waals surface area contributed by atoms with Gasteiger partial charge in [-0.2, -0.15) is 0 Å². The van der Waals surface area contributed by atoms with Crippen LogP contribution in [0.1, 0.15) is 13.8 Å². The van der Waals surface area contributed by atoms with Gasteiger partial charge in [-0.25, -0.2) is 0 Å². The lowest BCUT2D eigenvalue weighted by atomic mass is 9.83. The van der Waals surface area contributed by atoms with Gasteiger partial charge >= 0.3 is 0 Å². The van der Waals surface area contributed by atoms with E-state index in [9.17, 15) is 0 Å². The predicted octanol–water partition coefficient (Wildman–Crippen LogP) is 1.29. The van der Waals surface area contributed by atoms with E-state index in [4.69, 9.17) is 14.2 Å². The summed E-state index contributed by atoms with van der Waals surface area (Å²) in [5.74, 6) is 1.55. The highest BCUT2D eigenvalue weighted by Crippen LogP contribution is 2.47. The molecular formula is C10H14O3. The van der Waals surface area contributed by atoms with Crippen LogP contribution in [0.25, 0.3) is 0 Å². The Morgan fingerprint density at radius 1 is 1.08 bits per heavy atom. The molecule has 0 N–H and O–H groups in total. The summed E-state index contributed by atoms with van der Waals surface area (Å²) < 4.78 is 17.2. The standard InChI is InChI=1S/C10H14O3/c1-4-7-5(2)9-10(13-7)11-6(3)8(4)12-9/h4-5,7-10H,3H2,1-2H3/t4-,5+,7+,8+,9-,10+/m1/s1. The van der Waals surface area contributed by atoms with E-state index in [-0.39, 0.29) is 24.6 Å². The fourth-order valence-electron chi connectivity index (χ4n) is 2.73. The molecular weight excluding hydrogens is 168 g/mol. The van der Waals surface area contributed by atoms with E-state index >= 15 is 0 Å². The summed E-state index contributed by atoms with van der Waals surface area (Å²) >= 11 is 0. The number of hydrogen-bond donors (Lipinski definition) is 0. The lowest BCUT2D eigenvalue weighted by molar-refractivity contribution is -0.194. The van der Waals surface area contributed by atoms with E-state index in [0.29, 0.717) is 11.8 Å². The third-order valence-corrected chi connectivity index (χ3v) is 3.48. The first kappa shape index (κ1) is 7.83. The van der Waals surface area contributed by atoms with Crippen molar-refractivity contribution in [3.05, 3.63) is 12.3 Å². The fraction of sp³-hybridized carbons (Fsp3) is 0.800.